The number of thiophene rings is 1. The Balaban J connectivity index is 1.99. The highest BCUT2D eigenvalue weighted by atomic mass is 79.9. The molecule has 1 saturated heterocycles. The highest BCUT2D eigenvalue weighted by Gasteiger charge is 2.30. The zero-order valence-electron chi connectivity index (χ0n) is 11.9. The summed E-state index contributed by atoms with van der Waals surface area (Å²) in [7, 11) is -3.38. The van der Waals surface area contributed by atoms with Crippen molar-refractivity contribution in [2.75, 3.05) is 26.2 Å². The Kier molecular flexibility index (Phi) is 5.64. The van der Waals surface area contributed by atoms with E-state index in [1.807, 2.05) is 18.7 Å². The molecule has 0 saturated carbocycles. The fourth-order valence-electron chi connectivity index (χ4n) is 2.03. The van der Waals surface area contributed by atoms with E-state index in [0.717, 1.165) is 3.79 Å². The molecule has 1 N–H and O–H groups in total. The first-order valence-electron chi connectivity index (χ1n) is 6.61. The highest BCUT2D eigenvalue weighted by Crippen LogP contribution is 2.28. The standard InChI is InChI=1S/C12H18BrN3O2S3/c1-9(2)14-12(19)15-5-7-16(8-6-15)21(17,18)11-4-3-10(13)20-11/h3-4,9H,5-8H2,1-2H3,(H,14,19). The van der Waals surface area contributed by atoms with Crippen LogP contribution < -0.4 is 5.32 Å². The van der Waals surface area contributed by atoms with Crippen LogP contribution in [0.1, 0.15) is 13.8 Å². The number of hydrogen-bond donors (Lipinski definition) is 1. The highest BCUT2D eigenvalue weighted by molar-refractivity contribution is 9.11. The van der Waals surface area contributed by atoms with E-state index in [9.17, 15) is 8.42 Å². The Hall–Kier alpha value is -0.220. The normalized spacial score (nSPS) is 17.2. The first kappa shape index (κ1) is 17.1. The van der Waals surface area contributed by atoms with E-state index < -0.39 is 10.0 Å². The van der Waals surface area contributed by atoms with Gasteiger partial charge in [-0.25, -0.2) is 8.42 Å². The smallest absolute Gasteiger partial charge is 0.252 e. The Bertz CT molecular complexity index is 607. The molecule has 0 atom stereocenters. The summed E-state index contributed by atoms with van der Waals surface area (Å²) < 4.78 is 27.7. The number of piperazine rings is 1. The second-order valence-electron chi connectivity index (χ2n) is 5.05. The molecule has 0 aliphatic carbocycles. The minimum absolute atomic E-state index is 0.280. The third-order valence-electron chi connectivity index (χ3n) is 3.08. The minimum Gasteiger partial charge on any atom is -0.360 e. The van der Waals surface area contributed by atoms with Gasteiger partial charge in [0.05, 0.1) is 3.79 Å². The van der Waals surface area contributed by atoms with E-state index in [2.05, 4.69) is 21.2 Å². The molecule has 1 aliphatic heterocycles. The molecule has 118 valence electrons. The first-order valence-corrected chi connectivity index (χ1v) is 10.1. The molecule has 5 nitrogen and oxygen atoms in total. The summed E-state index contributed by atoms with van der Waals surface area (Å²) in [5.41, 5.74) is 0. The zero-order chi connectivity index (χ0) is 15.6. The molecule has 1 aromatic heterocycles. The SMILES string of the molecule is CC(C)NC(=S)N1CCN(S(=O)(=O)c2ccc(Br)s2)CC1. The summed E-state index contributed by atoms with van der Waals surface area (Å²) in [6.45, 7) is 6.20. The third-order valence-corrected chi connectivity index (χ3v) is 7.45. The van der Waals surface area contributed by atoms with E-state index in [1.54, 1.807) is 12.1 Å². The summed E-state index contributed by atoms with van der Waals surface area (Å²) in [4.78, 5) is 2.02. The van der Waals surface area contributed by atoms with Gasteiger partial charge in [0.2, 0.25) is 0 Å². The second kappa shape index (κ2) is 6.91. The summed E-state index contributed by atoms with van der Waals surface area (Å²) in [6.07, 6.45) is 0. The van der Waals surface area contributed by atoms with E-state index in [-0.39, 0.29) is 6.04 Å². The maximum Gasteiger partial charge on any atom is 0.252 e. The third kappa shape index (κ3) is 4.16. The number of sulfonamides is 1. The second-order valence-corrected chi connectivity index (χ2v) is 10.1. The van der Waals surface area contributed by atoms with Crippen LogP contribution in [0, 0.1) is 0 Å². The molecule has 2 rings (SSSR count). The summed E-state index contributed by atoms with van der Waals surface area (Å²) in [5, 5.41) is 3.88. The van der Waals surface area contributed by atoms with Crippen LogP contribution in [0.25, 0.3) is 0 Å². The lowest BCUT2D eigenvalue weighted by molar-refractivity contribution is 0.263. The van der Waals surface area contributed by atoms with Gasteiger partial charge in [-0.3, -0.25) is 0 Å². The molecule has 0 radical (unpaired) electrons. The number of thiocarbonyl (C=S) groups is 1. The van der Waals surface area contributed by atoms with Gasteiger partial charge in [0.25, 0.3) is 10.0 Å². The summed E-state index contributed by atoms with van der Waals surface area (Å²) >= 11 is 9.86. The van der Waals surface area contributed by atoms with E-state index >= 15 is 0 Å². The van der Waals surface area contributed by atoms with Crippen molar-refractivity contribution in [2.45, 2.75) is 24.1 Å². The summed E-state index contributed by atoms with van der Waals surface area (Å²) in [6, 6.07) is 3.68. The molecule has 2 heterocycles. The van der Waals surface area contributed by atoms with Gasteiger partial charge in [-0.05, 0) is 54.1 Å². The maximum atomic E-state index is 12.5. The maximum absolute atomic E-state index is 12.5. The molecular formula is C12H18BrN3O2S3. The molecule has 21 heavy (non-hydrogen) atoms. The van der Waals surface area contributed by atoms with Crippen molar-refractivity contribution in [1.82, 2.24) is 14.5 Å². The molecular weight excluding hydrogens is 394 g/mol. The Morgan fingerprint density at radius 1 is 1.33 bits per heavy atom. The first-order chi connectivity index (χ1) is 9.80. The van der Waals surface area contributed by atoms with Gasteiger partial charge in [0.15, 0.2) is 5.11 Å². The number of nitrogens with zero attached hydrogens (tertiary/aromatic N) is 2. The van der Waals surface area contributed by atoms with Gasteiger partial charge in [-0.1, -0.05) is 0 Å². The molecule has 0 spiro atoms. The van der Waals surface area contributed by atoms with Gasteiger partial charge in [0, 0.05) is 32.2 Å². The molecule has 1 aromatic rings. The molecule has 9 heteroatoms. The largest absolute Gasteiger partial charge is 0.360 e. The fourth-order valence-corrected chi connectivity index (χ4v) is 6.04. The van der Waals surface area contributed by atoms with Gasteiger partial charge in [-0.15, -0.1) is 11.3 Å². The molecule has 0 unspecified atom stereocenters. The average Bonchev–Trinajstić information content (AvgIpc) is 2.85. The van der Waals surface area contributed by atoms with Crippen LogP contribution in [-0.4, -0.2) is 55.0 Å². The van der Waals surface area contributed by atoms with Crippen molar-refractivity contribution < 1.29 is 8.42 Å². The van der Waals surface area contributed by atoms with Crippen LogP contribution in [0.4, 0.5) is 0 Å². The molecule has 0 aromatic carbocycles. The molecule has 1 fully saturated rings. The van der Waals surface area contributed by atoms with Crippen LogP contribution in [-0.2, 0) is 10.0 Å². The number of halogens is 1. The zero-order valence-corrected chi connectivity index (χ0v) is 15.9. The van der Waals surface area contributed by atoms with Crippen molar-refractivity contribution in [1.29, 1.82) is 0 Å². The minimum atomic E-state index is -3.38. The van der Waals surface area contributed by atoms with Gasteiger partial charge in [-0.2, -0.15) is 4.31 Å². The Morgan fingerprint density at radius 2 is 1.95 bits per heavy atom. The number of hydrogen-bond acceptors (Lipinski definition) is 4. The van der Waals surface area contributed by atoms with Gasteiger partial charge in [0.1, 0.15) is 4.21 Å². The van der Waals surface area contributed by atoms with Gasteiger partial charge >= 0.3 is 0 Å². The lowest BCUT2D eigenvalue weighted by atomic mass is 10.3. The quantitative estimate of drug-likeness (QED) is 0.771. The van der Waals surface area contributed by atoms with E-state index in [1.165, 1.54) is 15.6 Å². The Morgan fingerprint density at radius 3 is 2.43 bits per heavy atom. The molecule has 1 aliphatic rings. The average molecular weight is 412 g/mol. The van der Waals surface area contributed by atoms with Crippen molar-refractivity contribution in [2.24, 2.45) is 0 Å². The van der Waals surface area contributed by atoms with Crippen LogP contribution in [0.3, 0.4) is 0 Å². The van der Waals surface area contributed by atoms with Gasteiger partial charge < -0.3 is 10.2 Å². The monoisotopic (exact) mass is 411 g/mol. The number of nitrogens with one attached hydrogen (secondary N) is 1. The Labute approximate surface area is 143 Å². The molecule has 0 amide bonds. The lowest BCUT2D eigenvalue weighted by Crippen LogP contribution is -2.53. The van der Waals surface area contributed by atoms with Crippen molar-refractivity contribution in [3.63, 3.8) is 0 Å². The van der Waals surface area contributed by atoms with E-state index in [4.69, 9.17) is 12.2 Å². The van der Waals surface area contributed by atoms with Crippen LogP contribution in [0.5, 0.6) is 0 Å². The van der Waals surface area contributed by atoms with Crippen LogP contribution >= 0.6 is 39.5 Å². The van der Waals surface area contributed by atoms with E-state index in [0.29, 0.717) is 35.5 Å². The van der Waals surface area contributed by atoms with Crippen LogP contribution in [0.2, 0.25) is 0 Å². The predicted molar refractivity (Wildman–Crippen MR) is 93.2 cm³/mol. The summed E-state index contributed by atoms with van der Waals surface area (Å²) in [5.74, 6) is 0. The predicted octanol–water partition coefficient (Wildman–Crippen LogP) is 2.10. The van der Waals surface area contributed by atoms with Crippen LogP contribution in [0.15, 0.2) is 20.1 Å². The van der Waals surface area contributed by atoms with Crippen molar-refractivity contribution in [3.05, 3.63) is 15.9 Å². The topological polar surface area (TPSA) is 52.6 Å². The van der Waals surface area contributed by atoms with Crippen molar-refractivity contribution in [3.8, 4) is 0 Å². The number of rotatable bonds is 3. The fraction of sp³-hybridized carbons (Fsp3) is 0.583. The van der Waals surface area contributed by atoms with Crippen molar-refractivity contribution >= 4 is 54.6 Å². The lowest BCUT2D eigenvalue weighted by Gasteiger charge is -2.35. The molecule has 0 bridgehead atoms.